The van der Waals surface area contributed by atoms with Gasteiger partial charge in [0, 0.05) is 16.7 Å². The smallest absolute Gasteiger partial charge is 0.394 e. The van der Waals surface area contributed by atoms with E-state index >= 15 is 0 Å². The standard InChI is InChI=1S/C30H19NO3/c1-33-29(32)28-31-27(26-22-14-4-2-10-18(22)19-11-3-5-15-23(19)26)30(34-28)24-16-8-6-12-20(24)21-13-7-9-17-25(21)30/h2-17H,1H3. The van der Waals surface area contributed by atoms with E-state index in [4.69, 9.17) is 14.5 Å². The van der Waals surface area contributed by atoms with E-state index in [2.05, 4.69) is 48.5 Å². The van der Waals surface area contributed by atoms with Crippen molar-refractivity contribution in [3.63, 3.8) is 0 Å². The van der Waals surface area contributed by atoms with Gasteiger partial charge in [0.15, 0.2) is 0 Å². The number of rotatable bonds is 1. The Bertz CT molecular complexity index is 1500. The highest BCUT2D eigenvalue weighted by molar-refractivity contribution is 6.34. The maximum atomic E-state index is 12.7. The van der Waals surface area contributed by atoms with Crippen molar-refractivity contribution in [2.24, 2.45) is 4.99 Å². The second-order valence-electron chi connectivity index (χ2n) is 8.60. The van der Waals surface area contributed by atoms with E-state index in [0.29, 0.717) is 5.70 Å². The van der Waals surface area contributed by atoms with Gasteiger partial charge in [0.2, 0.25) is 5.60 Å². The minimum Gasteiger partial charge on any atom is -0.462 e. The van der Waals surface area contributed by atoms with Gasteiger partial charge in [0.1, 0.15) is 5.70 Å². The molecule has 0 fully saturated rings. The number of carbonyl (C=O) groups is 1. The Morgan fingerprint density at radius 1 is 0.676 bits per heavy atom. The number of ether oxygens (including phenoxy) is 2. The van der Waals surface area contributed by atoms with Crippen molar-refractivity contribution in [1.82, 2.24) is 0 Å². The Labute approximate surface area is 196 Å². The maximum Gasteiger partial charge on any atom is 0.394 e. The van der Waals surface area contributed by atoms with E-state index in [0.717, 1.165) is 50.1 Å². The van der Waals surface area contributed by atoms with Gasteiger partial charge in [0.25, 0.3) is 0 Å². The number of esters is 1. The van der Waals surface area contributed by atoms with Crippen molar-refractivity contribution in [2.75, 3.05) is 7.11 Å². The lowest BCUT2D eigenvalue weighted by Crippen LogP contribution is -2.31. The predicted octanol–water partition coefficient (Wildman–Crippen LogP) is 5.95. The van der Waals surface area contributed by atoms with Crippen molar-refractivity contribution in [2.45, 2.75) is 5.60 Å². The lowest BCUT2D eigenvalue weighted by Gasteiger charge is -2.28. The first-order valence-electron chi connectivity index (χ1n) is 11.2. The van der Waals surface area contributed by atoms with Crippen LogP contribution in [0, 0.1) is 0 Å². The minimum atomic E-state index is -1.05. The van der Waals surface area contributed by atoms with Gasteiger partial charge in [0.05, 0.1) is 7.11 Å². The summed E-state index contributed by atoms with van der Waals surface area (Å²) in [6.07, 6.45) is 0. The summed E-state index contributed by atoms with van der Waals surface area (Å²) in [4.78, 5) is 17.6. The summed E-state index contributed by atoms with van der Waals surface area (Å²) in [5.74, 6) is -0.616. The van der Waals surface area contributed by atoms with E-state index in [1.165, 1.54) is 7.11 Å². The second kappa shape index (κ2) is 6.78. The molecule has 0 saturated carbocycles. The van der Waals surface area contributed by atoms with Crippen LogP contribution < -0.4 is 0 Å². The van der Waals surface area contributed by atoms with E-state index in [9.17, 15) is 4.79 Å². The molecule has 0 aromatic heterocycles. The highest BCUT2D eigenvalue weighted by Gasteiger charge is 2.55. The number of nitrogens with zero attached hydrogens (tertiary/aromatic N) is 1. The predicted molar refractivity (Wildman–Crippen MR) is 131 cm³/mol. The fourth-order valence-corrected chi connectivity index (χ4v) is 5.64. The van der Waals surface area contributed by atoms with Crippen LogP contribution in [0.5, 0.6) is 0 Å². The monoisotopic (exact) mass is 441 g/mol. The first-order valence-corrected chi connectivity index (χ1v) is 11.2. The topological polar surface area (TPSA) is 47.9 Å². The third-order valence-corrected chi connectivity index (χ3v) is 6.98. The highest BCUT2D eigenvalue weighted by Crippen LogP contribution is 2.59. The van der Waals surface area contributed by atoms with Gasteiger partial charge < -0.3 is 9.47 Å². The van der Waals surface area contributed by atoms with Gasteiger partial charge >= 0.3 is 11.9 Å². The molecule has 34 heavy (non-hydrogen) atoms. The molecule has 1 spiro atoms. The molecule has 4 heteroatoms. The fraction of sp³-hybridized carbons (Fsp3) is 0.0667. The molecule has 3 aliphatic rings. The SMILES string of the molecule is COC(=O)C1=NC(=C2c3ccccc3-c3ccccc32)C2(O1)c1ccccc1-c1ccccc12. The fourth-order valence-electron chi connectivity index (χ4n) is 5.64. The number of hydrogen-bond acceptors (Lipinski definition) is 4. The van der Waals surface area contributed by atoms with Crippen LogP contribution in [0.2, 0.25) is 0 Å². The van der Waals surface area contributed by atoms with E-state index in [-0.39, 0.29) is 5.90 Å². The van der Waals surface area contributed by atoms with Crippen LogP contribution in [0.25, 0.3) is 27.8 Å². The molecule has 2 aliphatic carbocycles. The molecule has 0 amide bonds. The van der Waals surface area contributed by atoms with Crippen LogP contribution in [0.3, 0.4) is 0 Å². The van der Waals surface area contributed by atoms with E-state index in [1.54, 1.807) is 0 Å². The first-order chi connectivity index (χ1) is 16.7. The maximum absolute atomic E-state index is 12.7. The third-order valence-electron chi connectivity index (χ3n) is 6.98. The lowest BCUT2D eigenvalue weighted by molar-refractivity contribution is -0.134. The zero-order valence-electron chi connectivity index (χ0n) is 18.4. The number of benzene rings is 4. The van der Waals surface area contributed by atoms with Gasteiger partial charge in [-0.1, -0.05) is 97.1 Å². The number of aliphatic imine (C=N–C) groups is 1. The highest BCUT2D eigenvalue weighted by atomic mass is 16.6. The normalized spacial score (nSPS) is 15.9. The number of methoxy groups -OCH3 is 1. The van der Waals surface area contributed by atoms with Gasteiger partial charge in [-0.3, -0.25) is 0 Å². The zero-order valence-corrected chi connectivity index (χ0v) is 18.4. The molecule has 0 bridgehead atoms. The van der Waals surface area contributed by atoms with E-state index in [1.807, 2.05) is 48.5 Å². The molecule has 0 atom stereocenters. The molecule has 162 valence electrons. The van der Waals surface area contributed by atoms with Crippen molar-refractivity contribution < 1.29 is 14.3 Å². The van der Waals surface area contributed by atoms with Crippen molar-refractivity contribution >= 4 is 17.4 Å². The summed E-state index contributed by atoms with van der Waals surface area (Å²) in [5.41, 5.74) is 9.22. The molecule has 4 nitrogen and oxygen atoms in total. The molecular weight excluding hydrogens is 422 g/mol. The molecule has 1 heterocycles. The molecule has 7 rings (SSSR count). The quantitative estimate of drug-likeness (QED) is 0.302. The van der Waals surface area contributed by atoms with Crippen LogP contribution in [0.1, 0.15) is 22.3 Å². The molecule has 0 radical (unpaired) electrons. The van der Waals surface area contributed by atoms with E-state index < -0.39 is 11.6 Å². The minimum absolute atomic E-state index is 0.0293. The van der Waals surface area contributed by atoms with Gasteiger partial charge in [-0.15, -0.1) is 0 Å². The second-order valence-corrected chi connectivity index (χ2v) is 8.60. The van der Waals surface area contributed by atoms with Crippen molar-refractivity contribution in [3.8, 4) is 22.3 Å². The third kappa shape index (κ3) is 2.27. The molecule has 0 unspecified atom stereocenters. The largest absolute Gasteiger partial charge is 0.462 e. The first kappa shape index (κ1) is 19.1. The van der Waals surface area contributed by atoms with Crippen molar-refractivity contribution in [3.05, 3.63) is 125 Å². The Hall–Kier alpha value is -4.44. The Morgan fingerprint density at radius 3 is 1.62 bits per heavy atom. The van der Waals surface area contributed by atoms with Gasteiger partial charge in [-0.05, 0) is 33.4 Å². The van der Waals surface area contributed by atoms with Crippen LogP contribution in [0.15, 0.2) is 108 Å². The molecular formula is C30H19NO3. The molecule has 4 aromatic carbocycles. The van der Waals surface area contributed by atoms with Crippen LogP contribution in [-0.4, -0.2) is 19.0 Å². The molecule has 0 N–H and O–H groups in total. The number of fused-ring (bicyclic) bond motifs is 8. The summed E-state index contributed by atoms with van der Waals surface area (Å²) in [7, 11) is 1.35. The summed E-state index contributed by atoms with van der Waals surface area (Å²) in [6, 6.07) is 33.1. The van der Waals surface area contributed by atoms with Crippen LogP contribution in [-0.2, 0) is 19.9 Å². The van der Waals surface area contributed by atoms with Gasteiger partial charge in [-0.25, -0.2) is 9.79 Å². The average Bonchev–Trinajstić information content (AvgIpc) is 3.54. The summed E-state index contributed by atoms with van der Waals surface area (Å²) < 4.78 is 11.6. The average molecular weight is 441 g/mol. The van der Waals surface area contributed by atoms with Crippen molar-refractivity contribution in [1.29, 1.82) is 0 Å². The summed E-state index contributed by atoms with van der Waals surface area (Å²) in [6.45, 7) is 0. The van der Waals surface area contributed by atoms with Crippen LogP contribution >= 0.6 is 0 Å². The number of hydrogen-bond donors (Lipinski definition) is 0. The summed E-state index contributed by atoms with van der Waals surface area (Å²) in [5, 5.41) is 0. The zero-order chi connectivity index (χ0) is 22.9. The lowest BCUT2D eigenvalue weighted by atomic mass is 9.84. The molecule has 1 aliphatic heterocycles. The Balaban J connectivity index is 1.65. The Kier molecular flexibility index (Phi) is 3.80. The molecule has 0 saturated heterocycles. The number of carbonyl (C=O) groups excluding carboxylic acids is 1. The molecule has 4 aromatic rings. The summed E-state index contributed by atoms with van der Waals surface area (Å²) >= 11 is 0. The Morgan fingerprint density at radius 2 is 1.12 bits per heavy atom. The van der Waals surface area contributed by atoms with Gasteiger partial charge in [-0.2, -0.15) is 0 Å². The van der Waals surface area contributed by atoms with Crippen LogP contribution in [0.4, 0.5) is 0 Å².